The Morgan fingerprint density at radius 1 is 1.60 bits per heavy atom. The number of halogens is 3. The lowest BCUT2D eigenvalue weighted by Gasteiger charge is -2.22. The van der Waals surface area contributed by atoms with E-state index in [0.29, 0.717) is 0 Å². The van der Waals surface area contributed by atoms with Crippen LogP contribution in [0.1, 0.15) is 6.92 Å². The van der Waals surface area contributed by atoms with Crippen LogP contribution in [0.3, 0.4) is 0 Å². The molecule has 3 heteroatoms. The van der Waals surface area contributed by atoms with E-state index in [-0.39, 0.29) is 0 Å². The molecule has 2 atom stereocenters. The normalized spacial score (nSPS) is 39.6. The fourth-order valence-corrected chi connectivity index (χ4v) is 0.713. The summed E-state index contributed by atoms with van der Waals surface area (Å²) < 4.78 is 37.7. The molecule has 0 aromatic heterocycles. The van der Waals surface area contributed by atoms with Gasteiger partial charge < -0.3 is 0 Å². The Kier molecular flexibility index (Phi) is 1.58. The van der Waals surface area contributed by atoms with E-state index in [1.54, 1.807) is 0 Å². The second-order valence-electron chi connectivity index (χ2n) is 2.38. The number of hydrogen-bond acceptors (Lipinski definition) is 0. The molecule has 0 amide bonds. The number of alkyl halides is 2. The second-order valence-corrected chi connectivity index (χ2v) is 2.38. The van der Waals surface area contributed by atoms with Gasteiger partial charge in [-0.15, -0.1) is 0 Å². The molecule has 10 heavy (non-hydrogen) atoms. The predicted molar refractivity (Wildman–Crippen MR) is 32.7 cm³/mol. The highest BCUT2D eigenvalue weighted by atomic mass is 19.2. The molecule has 0 aromatic carbocycles. The smallest absolute Gasteiger partial charge is 0.193 e. The topological polar surface area (TPSA) is 0 Å². The zero-order valence-electron chi connectivity index (χ0n) is 5.44. The van der Waals surface area contributed by atoms with Crippen LogP contribution in [0.5, 0.6) is 0 Å². The standard InChI is InChI=1S/C7H7F3/c1-7(10)5(8)3-2-4-6(7)9/h2-5H,1H3. The van der Waals surface area contributed by atoms with Gasteiger partial charge >= 0.3 is 0 Å². The van der Waals surface area contributed by atoms with Gasteiger partial charge in [-0.05, 0) is 19.1 Å². The van der Waals surface area contributed by atoms with Crippen LogP contribution in [0.25, 0.3) is 0 Å². The van der Waals surface area contributed by atoms with Gasteiger partial charge in [0.1, 0.15) is 5.83 Å². The van der Waals surface area contributed by atoms with E-state index < -0.39 is 17.7 Å². The SMILES string of the molecule is CC1(F)C(F)=CC=CC1F. The number of rotatable bonds is 0. The lowest BCUT2D eigenvalue weighted by atomic mass is 9.96. The first-order valence-corrected chi connectivity index (χ1v) is 2.92. The summed E-state index contributed by atoms with van der Waals surface area (Å²) in [5.41, 5.74) is -2.46. The molecule has 0 fully saturated rings. The molecule has 0 saturated carbocycles. The van der Waals surface area contributed by atoms with Crippen LogP contribution in [-0.4, -0.2) is 11.8 Å². The molecule has 1 aliphatic rings. The van der Waals surface area contributed by atoms with E-state index in [4.69, 9.17) is 0 Å². The summed E-state index contributed by atoms with van der Waals surface area (Å²) in [4.78, 5) is 0. The third-order valence-corrected chi connectivity index (χ3v) is 1.51. The Morgan fingerprint density at radius 2 is 2.20 bits per heavy atom. The maximum absolute atomic E-state index is 12.8. The van der Waals surface area contributed by atoms with Crippen LogP contribution >= 0.6 is 0 Å². The largest absolute Gasteiger partial charge is 0.239 e. The van der Waals surface area contributed by atoms with Gasteiger partial charge in [-0.2, -0.15) is 0 Å². The highest BCUT2D eigenvalue weighted by Crippen LogP contribution is 2.32. The molecule has 0 bridgehead atoms. The van der Waals surface area contributed by atoms with Gasteiger partial charge in [0.2, 0.25) is 0 Å². The van der Waals surface area contributed by atoms with E-state index in [1.807, 2.05) is 0 Å². The summed E-state index contributed by atoms with van der Waals surface area (Å²) in [7, 11) is 0. The van der Waals surface area contributed by atoms with Gasteiger partial charge in [-0.1, -0.05) is 6.08 Å². The average molecular weight is 148 g/mol. The molecule has 0 radical (unpaired) electrons. The van der Waals surface area contributed by atoms with Crippen molar-refractivity contribution in [1.82, 2.24) is 0 Å². The first kappa shape index (κ1) is 7.38. The molecule has 0 aliphatic heterocycles. The van der Waals surface area contributed by atoms with Crippen LogP contribution in [-0.2, 0) is 0 Å². The molecule has 56 valence electrons. The molecule has 0 heterocycles. The average Bonchev–Trinajstić information content (AvgIpc) is 1.84. The zero-order valence-corrected chi connectivity index (χ0v) is 5.44. The molecule has 0 spiro atoms. The highest BCUT2D eigenvalue weighted by molar-refractivity contribution is 5.26. The molecule has 0 N–H and O–H groups in total. The molecular weight excluding hydrogens is 141 g/mol. The zero-order chi connectivity index (χ0) is 7.78. The molecule has 1 rings (SSSR count). The fourth-order valence-electron chi connectivity index (χ4n) is 0.713. The summed E-state index contributed by atoms with van der Waals surface area (Å²) in [5, 5.41) is 0. The molecule has 2 unspecified atom stereocenters. The van der Waals surface area contributed by atoms with Gasteiger partial charge in [0, 0.05) is 0 Å². The van der Waals surface area contributed by atoms with Gasteiger partial charge in [0.15, 0.2) is 11.8 Å². The Bertz CT molecular complexity index is 191. The van der Waals surface area contributed by atoms with Crippen molar-refractivity contribution >= 4 is 0 Å². The van der Waals surface area contributed by atoms with Crippen LogP contribution in [0, 0.1) is 0 Å². The number of allylic oxidation sites excluding steroid dienone is 4. The lowest BCUT2D eigenvalue weighted by molar-refractivity contribution is 0.106. The van der Waals surface area contributed by atoms with Gasteiger partial charge in [-0.25, -0.2) is 13.2 Å². The molecular formula is C7H7F3. The lowest BCUT2D eigenvalue weighted by Crippen LogP contribution is -2.32. The molecule has 0 aromatic rings. The van der Waals surface area contributed by atoms with Crippen LogP contribution in [0.4, 0.5) is 13.2 Å². The third kappa shape index (κ3) is 0.958. The van der Waals surface area contributed by atoms with Crippen molar-refractivity contribution in [3.05, 3.63) is 24.1 Å². The first-order valence-electron chi connectivity index (χ1n) is 2.92. The van der Waals surface area contributed by atoms with Gasteiger partial charge in [0.05, 0.1) is 0 Å². The maximum atomic E-state index is 12.8. The van der Waals surface area contributed by atoms with Crippen molar-refractivity contribution in [2.45, 2.75) is 18.8 Å². The first-order chi connectivity index (χ1) is 4.55. The number of hydrogen-bond donors (Lipinski definition) is 0. The Balaban J connectivity index is 2.93. The quantitative estimate of drug-likeness (QED) is 0.495. The Hall–Kier alpha value is -0.730. The van der Waals surface area contributed by atoms with E-state index in [0.717, 1.165) is 19.1 Å². The molecule has 0 nitrogen and oxygen atoms in total. The monoisotopic (exact) mass is 148 g/mol. The minimum atomic E-state index is -2.46. The Labute approximate surface area is 57.0 Å². The minimum absolute atomic E-state index is 0.882. The second kappa shape index (κ2) is 2.15. The van der Waals surface area contributed by atoms with Gasteiger partial charge in [-0.3, -0.25) is 0 Å². The minimum Gasteiger partial charge on any atom is -0.239 e. The van der Waals surface area contributed by atoms with Crippen molar-refractivity contribution in [3.63, 3.8) is 0 Å². The van der Waals surface area contributed by atoms with Crippen molar-refractivity contribution < 1.29 is 13.2 Å². The highest BCUT2D eigenvalue weighted by Gasteiger charge is 2.39. The van der Waals surface area contributed by atoms with Crippen molar-refractivity contribution in [1.29, 1.82) is 0 Å². The third-order valence-electron chi connectivity index (χ3n) is 1.51. The van der Waals surface area contributed by atoms with E-state index in [1.165, 1.54) is 6.08 Å². The van der Waals surface area contributed by atoms with Crippen LogP contribution in [0.2, 0.25) is 0 Å². The summed E-state index contributed by atoms with van der Waals surface area (Å²) >= 11 is 0. The van der Waals surface area contributed by atoms with E-state index in [2.05, 4.69) is 0 Å². The van der Waals surface area contributed by atoms with Crippen molar-refractivity contribution in [3.8, 4) is 0 Å². The van der Waals surface area contributed by atoms with Crippen molar-refractivity contribution in [2.75, 3.05) is 0 Å². The van der Waals surface area contributed by atoms with Gasteiger partial charge in [0.25, 0.3) is 0 Å². The van der Waals surface area contributed by atoms with E-state index >= 15 is 0 Å². The maximum Gasteiger partial charge on any atom is 0.193 e. The summed E-state index contributed by atoms with van der Waals surface area (Å²) in [6.07, 6.45) is 1.22. The summed E-state index contributed by atoms with van der Waals surface area (Å²) in [5.74, 6) is -1.05. The fraction of sp³-hybridized carbons (Fsp3) is 0.429. The Morgan fingerprint density at radius 3 is 2.60 bits per heavy atom. The molecule has 0 saturated heterocycles. The predicted octanol–water partition coefficient (Wildman–Crippen LogP) is 2.48. The summed E-state index contributed by atoms with van der Waals surface area (Å²) in [6.45, 7) is 0.882. The van der Waals surface area contributed by atoms with Crippen LogP contribution in [0.15, 0.2) is 24.1 Å². The van der Waals surface area contributed by atoms with Crippen molar-refractivity contribution in [2.24, 2.45) is 0 Å². The van der Waals surface area contributed by atoms with E-state index in [9.17, 15) is 13.2 Å². The van der Waals surface area contributed by atoms with Crippen LogP contribution < -0.4 is 0 Å². The molecule has 1 aliphatic carbocycles. The summed E-state index contributed by atoms with van der Waals surface area (Å²) in [6, 6.07) is 0.